The number of fused-ring (bicyclic) bond motifs is 3. The number of H-pyrrole nitrogens is 1. The molecule has 1 aliphatic rings. The summed E-state index contributed by atoms with van der Waals surface area (Å²) in [6, 6.07) is 3.92. The molecule has 1 aromatic carbocycles. The van der Waals surface area contributed by atoms with E-state index in [-0.39, 0.29) is 6.42 Å². The first kappa shape index (κ1) is 15.4. The van der Waals surface area contributed by atoms with Crippen LogP contribution in [0.3, 0.4) is 0 Å². The zero-order valence-corrected chi connectivity index (χ0v) is 13.6. The van der Waals surface area contributed by atoms with Crippen molar-refractivity contribution in [2.45, 2.75) is 45.1 Å². The van der Waals surface area contributed by atoms with Crippen LogP contribution in [0.2, 0.25) is 5.02 Å². The number of benzene rings is 1. The van der Waals surface area contributed by atoms with E-state index in [2.05, 4.69) is 4.98 Å². The second kappa shape index (κ2) is 5.60. The fraction of sp³-hybridized carbons (Fsp3) is 0.471. The molecule has 1 unspecified atom stereocenters. The van der Waals surface area contributed by atoms with E-state index >= 15 is 0 Å². The molecule has 5 heteroatoms. The first-order valence-corrected chi connectivity index (χ1v) is 8.02. The highest BCUT2D eigenvalue weighted by molar-refractivity contribution is 6.32. The van der Waals surface area contributed by atoms with E-state index in [9.17, 15) is 9.90 Å². The van der Waals surface area contributed by atoms with Crippen LogP contribution in [0.1, 0.15) is 43.0 Å². The lowest BCUT2D eigenvalue weighted by Gasteiger charge is -2.36. The Morgan fingerprint density at radius 3 is 2.95 bits per heavy atom. The molecule has 0 aliphatic carbocycles. The number of nitrogens with one attached hydrogen (secondary N) is 1. The summed E-state index contributed by atoms with van der Waals surface area (Å²) in [5.74, 6) is -0.838. The first-order valence-electron chi connectivity index (χ1n) is 7.64. The molecule has 0 saturated carbocycles. The summed E-state index contributed by atoms with van der Waals surface area (Å²) < 4.78 is 6.00. The van der Waals surface area contributed by atoms with Crippen molar-refractivity contribution in [3.8, 4) is 0 Å². The molecule has 22 heavy (non-hydrogen) atoms. The number of aromatic nitrogens is 1. The smallest absolute Gasteiger partial charge is 0.306 e. The lowest BCUT2D eigenvalue weighted by atomic mass is 9.85. The fourth-order valence-electron chi connectivity index (χ4n) is 3.58. The van der Waals surface area contributed by atoms with Gasteiger partial charge in [-0.3, -0.25) is 4.79 Å². The zero-order chi connectivity index (χ0) is 15.9. The Hall–Kier alpha value is -1.52. The number of hydrogen-bond acceptors (Lipinski definition) is 2. The predicted octanol–water partition coefficient (Wildman–Crippen LogP) is 4.17. The number of halogens is 1. The van der Waals surface area contributed by atoms with Gasteiger partial charge in [0.05, 0.1) is 24.2 Å². The molecule has 2 heterocycles. The number of carboxylic acid groups (broad SMARTS) is 1. The molecular formula is C17H20ClNO3. The average Bonchev–Trinajstić information content (AvgIpc) is 2.84. The SMILES string of the molecule is CCCC1(CC(=O)O)OCCc2c1[nH]c1c(C)c(Cl)ccc21. The highest BCUT2D eigenvalue weighted by Gasteiger charge is 2.41. The summed E-state index contributed by atoms with van der Waals surface area (Å²) in [6.07, 6.45) is 2.32. The van der Waals surface area contributed by atoms with Crippen molar-refractivity contribution in [2.24, 2.45) is 0 Å². The van der Waals surface area contributed by atoms with Gasteiger partial charge in [0.1, 0.15) is 5.60 Å². The van der Waals surface area contributed by atoms with Gasteiger partial charge in [-0.1, -0.05) is 31.0 Å². The number of carboxylic acids is 1. The van der Waals surface area contributed by atoms with Crippen molar-refractivity contribution >= 4 is 28.5 Å². The maximum Gasteiger partial charge on any atom is 0.306 e. The summed E-state index contributed by atoms with van der Waals surface area (Å²) in [5, 5.41) is 11.2. The van der Waals surface area contributed by atoms with E-state index < -0.39 is 11.6 Å². The minimum absolute atomic E-state index is 0.0204. The van der Waals surface area contributed by atoms with Crippen LogP contribution < -0.4 is 0 Å². The van der Waals surface area contributed by atoms with Crippen LogP contribution >= 0.6 is 11.6 Å². The van der Waals surface area contributed by atoms with Crippen LogP contribution in [0.25, 0.3) is 10.9 Å². The monoisotopic (exact) mass is 321 g/mol. The lowest BCUT2D eigenvalue weighted by molar-refractivity contribution is -0.149. The Morgan fingerprint density at radius 1 is 1.50 bits per heavy atom. The van der Waals surface area contributed by atoms with Crippen LogP contribution in [-0.4, -0.2) is 22.7 Å². The van der Waals surface area contributed by atoms with Crippen LogP contribution in [0.15, 0.2) is 12.1 Å². The van der Waals surface area contributed by atoms with Crippen molar-refractivity contribution in [3.63, 3.8) is 0 Å². The molecule has 2 N–H and O–H groups in total. The Labute approximate surface area is 134 Å². The summed E-state index contributed by atoms with van der Waals surface area (Å²) in [6.45, 7) is 4.58. The van der Waals surface area contributed by atoms with E-state index in [4.69, 9.17) is 16.3 Å². The molecule has 3 rings (SSSR count). The number of aliphatic carboxylic acids is 1. The van der Waals surface area contributed by atoms with Gasteiger partial charge in [-0.15, -0.1) is 0 Å². The molecule has 118 valence electrons. The van der Waals surface area contributed by atoms with Gasteiger partial charge in [0, 0.05) is 10.4 Å². The number of aryl methyl sites for hydroxylation is 1. The molecular weight excluding hydrogens is 302 g/mol. The fourth-order valence-corrected chi connectivity index (χ4v) is 3.73. The largest absolute Gasteiger partial charge is 0.481 e. The molecule has 4 nitrogen and oxygen atoms in total. The third-order valence-corrected chi connectivity index (χ3v) is 4.96. The highest BCUT2D eigenvalue weighted by Crippen LogP contribution is 2.43. The number of aromatic amines is 1. The molecule has 0 fully saturated rings. The number of rotatable bonds is 4. The Kier molecular flexibility index (Phi) is 3.91. The minimum atomic E-state index is -0.838. The number of hydrogen-bond donors (Lipinski definition) is 2. The van der Waals surface area contributed by atoms with Gasteiger partial charge in [-0.2, -0.15) is 0 Å². The first-order chi connectivity index (χ1) is 10.5. The molecule has 1 atom stereocenters. The van der Waals surface area contributed by atoms with E-state index in [0.717, 1.165) is 35.0 Å². The molecule has 0 saturated heterocycles. The molecule has 2 aromatic rings. The highest BCUT2D eigenvalue weighted by atomic mass is 35.5. The predicted molar refractivity (Wildman–Crippen MR) is 86.5 cm³/mol. The van der Waals surface area contributed by atoms with Gasteiger partial charge in [-0.05, 0) is 37.0 Å². The zero-order valence-electron chi connectivity index (χ0n) is 12.8. The lowest BCUT2D eigenvalue weighted by Crippen LogP contribution is -2.37. The van der Waals surface area contributed by atoms with Gasteiger partial charge in [-0.25, -0.2) is 0 Å². The van der Waals surface area contributed by atoms with Gasteiger partial charge >= 0.3 is 5.97 Å². The van der Waals surface area contributed by atoms with Crippen molar-refractivity contribution in [1.82, 2.24) is 4.98 Å². The van der Waals surface area contributed by atoms with Crippen molar-refractivity contribution in [1.29, 1.82) is 0 Å². The topological polar surface area (TPSA) is 62.3 Å². The van der Waals surface area contributed by atoms with Crippen LogP contribution in [-0.2, 0) is 21.6 Å². The molecule has 0 bridgehead atoms. The van der Waals surface area contributed by atoms with Crippen LogP contribution in [0.4, 0.5) is 0 Å². The summed E-state index contributed by atoms with van der Waals surface area (Å²) >= 11 is 6.22. The van der Waals surface area contributed by atoms with Gasteiger partial charge in [0.2, 0.25) is 0 Å². The third kappa shape index (κ3) is 2.31. The molecule has 0 spiro atoms. The normalized spacial score (nSPS) is 21.0. The average molecular weight is 322 g/mol. The Morgan fingerprint density at radius 2 is 2.27 bits per heavy atom. The third-order valence-electron chi connectivity index (χ3n) is 4.55. The number of ether oxygens (including phenoxy) is 1. The van der Waals surface area contributed by atoms with E-state index in [1.54, 1.807) is 0 Å². The number of carbonyl (C=O) groups is 1. The molecule has 0 amide bonds. The maximum atomic E-state index is 11.4. The van der Waals surface area contributed by atoms with Crippen molar-refractivity contribution < 1.29 is 14.6 Å². The van der Waals surface area contributed by atoms with E-state index in [1.807, 2.05) is 26.0 Å². The van der Waals surface area contributed by atoms with Crippen LogP contribution in [0, 0.1) is 6.92 Å². The van der Waals surface area contributed by atoms with Crippen molar-refractivity contribution in [3.05, 3.63) is 34.0 Å². The standard InChI is InChI=1S/C17H20ClNO3/c1-3-7-17(9-14(20)21)16-12(6-8-22-17)11-4-5-13(18)10(2)15(11)19-16/h4-5,19H,3,6-9H2,1-2H3,(H,20,21). The maximum absolute atomic E-state index is 11.4. The second-order valence-electron chi connectivity index (χ2n) is 5.99. The van der Waals surface area contributed by atoms with Gasteiger partial charge in [0.15, 0.2) is 0 Å². The molecule has 1 aromatic heterocycles. The minimum Gasteiger partial charge on any atom is -0.481 e. The van der Waals surface area contributed by atoms with Gasteiger partial charge < -0.3 is 14.8 Å². The van der Waals surface area contributed by atoms with Crippen molar-refractivity contribution in [2.75, 3.05) is 6.61 Å². The summed E-state index contributed by atoms with van der Waals surface area (Å²) in [4.78, 5) is 14.8. The molecule has 0 radical (unpaired) electrons. The van der Waals surface area contributed by atoms with E-state index in [0.29, 0.717) is 18.1 Å². The summed E-state index contributed by atoms with van der Waals surface area (Å²) in [7, 11) is 0. The van der Waals surface area contributed by atoms with Crippen LogP contribution in [0.5, 0.6) is 0 Å². The Balaban J connectivity index is 2.24. The second-order valence-corrected chi connectivity index (χ2v) is 6.39. The summed E-state index contributed by atoms with van der Waals surface area (Å²) in [5.41, 5.74) is 3.33. The molecule has 1 aliphatic heterocycles. The quantitative estimate of drug-likeness (QED) is 0.888. The van der Waals surface area contributed by atoms with Gasteiger partial charge in [0.25, 0.3) is 0 Å². The van der Waals surface area contributed by atoms with E-state index in [1.165, 1.54) is 5.56 Å². The Bertz CT molecular complexity index is 737.